The zero-order valence-electron chi connectivity index (χ0n) is 17.9. The van der Waals surface area contributed by atoms with Gasteiger partial charge in [-0.05, 0) is 74.3 Å². The van der Waals surface area contributed by atoms with Gasteiger partial charge < -0.3 is 19.5 Å². The number of hydrogen-bond acceptors (Lipinski definition) is 6. The Morgan fingerprint density at radius 3 is 2.48 bits per heavy atom. The number of rotatable bonds is 6. The van der Waals surface area contributed by atoms with Crippen molar-refractivity contribution in [1.29, 1.82) is 0 Å². The topological polar surface area (TPSA) is 63.4 Å². The minimum atomic E-state index is -0.171. The van der Waals surface area contributed by atoms with E-state index in [9.17, 15) is 0 Å². The second-order valence-corrected chi connectivity index (χ2v) is 8.32. The molecule has 8 heteroatoms. The van der Waals surface area contributed by atoms with Crippen LogP contribution in [0.3, 0.4) is 0 Å². The summed E-state index contributed by atoms with van der Waals surface area (Å²) >= 11 is 7.35. The second-order valence-electron chi connectivity index (χ2n) is 7.05. The van der Waals surface area contributed by atoms with E-state index < -0.39 is 0 Å². The van der Waals surface area contributed by atoms with E-state index >= 15 is 0 Å². The Morgan fingerprint density at radius 1 is 1.16 bits per heavy atom. The third-order valence-electron chi connectivity index (χ3n) is 5.37. The summed E-state index contributed by atoms with van der Waals surface area (Å²) < 4.78 is 11.0. The van der Waals surface area contributed by atoms with Crippen LogP contribution in [-0.4, -0.2) is 40.1 Å². The summed E-state index contributed by atoms with van der Waals surface area (Å²) in [5, 5.41) is 8.39. The predicted octanol–water partition coefficient (Wildman–Crippen LogP) is 5.15. The van der Waals surface area contributed by atoms with Gasteiger partial charge in [0, 0.05) is 22.7 Å². The van der Waals surface area contributed by atoms with Crippen LogP contribution in [0.25, 0.3) is 17.0 Å². The zero-order chi connectivity index (χ0) is 22.0. The molecule has 1 aliphatic heterocycles. The van der Waals surface area contributed by atoms with Crippen LogP contribution >= 0.6 is 24.0 Å². The number of hydrogen-bond donors (Lipinski definition) is 1. The molecule has 0 amide bonds. The van der Waals surface area contributed by atoms with E-state index in [4.69, 9.17) is 26.5 Å². The molecule has 0 radical (unpaired) electrons. The molecule has 4 rings (SSSR count). The van der Waals surface area contributed by atoms with Gasteiger partial charge in [-0.25, -0.2) is 0 Å². The lowest BCUT2D eigenvalue weighted by Crippen LogP contribution is -2.45. The number of ether oxygens (including phenoxy) is 1. The SMILES string of the molecule is CCN1C(=S)NC(c2ccc(SC)cc2)C(c2nc(-c3ccc(OC)cc3)no2)=C1C. The molecular weight excluding hydrogens is 428 g/mol. The van der Waals surface area contributed by atoms with Gasteiger partial charge >= 0.3 is 0 Å². The maximum absolute atomic E-state index is 5.75. The molecule has 2 heterocycles. The lowest BCUT2D eigenvalue weighted by molar-refractivity contribution is 0.398. The van der Waals surface area contributed by atoms with Crippen molar-refractivity contribution >= 4 is 34.7 Å². The molecule has 1 aliphatic rings. The molecule has 160 valence electrons. The molecule has 1 N–H and O–H groups in total. The number of methoxy groups -OCH3 is 1. The number of allylic oxidation sites excluding steroid dienone is 1. The van der Waals surface area contributed by atoms with Crippen molar-refractivity contribution in [1.82, 2.24) is 20.4 Å². The molecule has 2 aromatic carbocycles. The lowest BCUT2D eigenvalue weighted by atomic mass is 9.95. The zero-order valence-corrected chi connectivity index (χ0v) is 19.5. The summed E-state index contributed by atoms with van der Waals surface area (Å²) in [5.74, 6) is 1.80. The molecule has 1 atom stereocenters. The maximum atomic E-state index is 5.75. The number of aromatic nitrogens is 2. The van der Waals surface area contributed by atoms with Crippen LogP contribution < -0.4 is 10.1 Å². The second kappa shape index (κ2) is 9.11. The highest BCUT2D eigenvalue weighted by Crippen LogP contribution is 2.37. The van der Waals surface area contributed by atoms with E-state index in [0.29, 0.717) is 16.8 Å². The summed E-state index contributed by atoms with van der Waals surface area (Å²) in [5.41, 5.74) is 3.89. The smallest absolute Gasteiger partial charge is 0.258 e. The Morgan fingerprint density at radius 2 is 1.87 bits per heavy atom. The summed E-state index contributed by atoms with van der Waals surface area (Å²) in [6.45, 7) is 4.87. The van der Waals surface area contributed by atoms with Gasteiger partial charge in [-0.2, -0.15) is 4.98 Å². The van der Waals surface area contributed by atoms with Crippen LogP contribution in [0.4, 0.5) is 0 Å². The Labute approximate surface area is 191 Å². The summed E-state index contributed by atoms with van der Waals surface area (Å²) in [4.78, 5) is 7.98. The van der Waals surface area contributed by atoms with Gasteiger partial charge in [0.25, 0.3) is 5.89 Å². The number of nitrogens with zero attached hydrogens (tertiary/aromatic N) is 3. The lowest BCUT2D eigenvalue weighted by Gasteiger charge is -2.36. The quantitative estimate of drug-likeness (QED) is 0.407. The standard InChI is InChI=1S/C23H24N4O2S2/c1-5-27-14(2)19(20(24-23(27)30)15-8-12-18(31-4)13-9-15)22-25-21(26-29-22)16-6-10-17(28-3)11-7-16/h6-13,20H,5H2,1-4H3,(H,24,30). The average Bonchev–Trinajstić information content (AvgIpc) is 3.29. The molecular formula is C23H24N4O2S2. The fourth-order valence-electron chi connectivity index (χ4n) is 3.68. The van der Waals surface area contributed by atoms with Gasteiger partial charge in [0.1, 0.15) is 5.75 Å². The first-order valence-corrected chi connectivity index (χ1v) is 11.6. The first-order valence-electron chi connectivity index (χ1n) is 9.97. The average molecular weight is 453 g/mol. The van der Waals surface area contributed by atoms with Gasteiger partial charge in [-0.15, -0.1) is 11.8 Å². The number of nitrogens with one attached hydrogen (secondary N) is 1. The van der Waals surface area contributed by atoms with Crippen molar-refractivity contribution in [2.24, 2.45) is 0 Å². The summed E-state index contributed by atoms with van der Waals surface area (Å²) in [6, 6.07) is 15.9. The molecule has 1 aromatic heterocycles. The molecule has 0 fully saturated rings. The molecule has 6 nitrogen and oxygen atoms in total. The van der Waals surface area contributed by atoms with Gasteiger partial charge in [0.05, 0.1) is 18.7 Å². The van der Waals surface area contributed by atoms with E-state index in [-0.39, 0.29) is 6.04 Å². The minimum Gasteiger partial charge on any atom is -0.497 e. The van der Waals surface area contributed by atoms with Crippen LogP contribution in [0.2, 0.25) is 0 Å². The van der Waals surface area contributed by atoms with Crippen LogP contribution in [0.15, 0.2) is 63.6 Å². The Kier molecular flexibility index (Phi) is 6.29. The van der Waals surface area contributed by atoms with Crippen molar-refractivity contribution in [2.75, 3.05) is 19.9 Å². The van der Waals surface area contributed by atoms with Crippen molar-refractivity contribution < 1.29 is 9.26 Å². The number of benzene rings is 2. The van der Waals surface area contributed by atoms with E-state index in [0.717, 1.165) is 34.7 Å². The molecule has 1 unspecified atom stereocenters. The highest BCUT2D eigenvalue weighted by molar-refractivity contribution is 7.98. The van der Waals surface area contributed by atoms with Crippen molar-refractivity contribution in [2.45, 2.75) is 24.8 Å². The Hall–Kier alpha value is -2.84. The van der Waals surface area contributed by atoms with Gasteiger partial charge in [-0.3, -0.25) is 0 Å². The highest BCUT2D eigenvalue weighted by Gasteiger charge is 2.33. The molecule has 0 saturated carbocycles. The highest BCUT2D eigenvalue weighted by atomic mass is 32.2. The van der Waals surface area contributed by atoms with Crippen LogP contribution in [-0.2, 0) is 0 Å². The number of thioether (sulfide) groups is 1. The molecule has 31 heavy (non-hydrogen) atoms. The fraction of sp³-hybridized carbons (Fsp3) is 0.261. The fourth-order valence-corrected chi connectivity index (χ4v) is 4.47. The van der Waals surface area contributed by atoms with Crippen molar-refractivity contribution in [3.63, 3.8) is 0 Å². The van der Waals surface area contributed by atoms with Crippen molar-refractivity contribution in [3.05, 3.63) is 65.7 Å². The molecule has 0 aliphatic carbocycles. The van der Waals surface area contributed by atoms with Gasteiger partial charge in [0.2, 0.25) is 5.82 Å². The van der Waals surface area contributed by atoms with Crippen molar-refractivity contribution in [3.8, 4) is 17.1 Å². The van der Waals surface area contributed by atoms with E-state index in [2.05, 4.69) is 52.8 Å². The predicted molar refractivity (Wildman–Crippen MR) is 128 cm³/mol. The van der Waals surface area contributed by atoms with Gasteiger partial charge in [0.15, 0.2) is 5.11 Å². The van der Waals surface area contributed by atoms with E-state index in [1.807, 2.05) is 31.2 Å². The van der Waals surface area contributed by atoms with Crippen LogP contribution in [0.5, 0.6) is 5.75 Å². The largest absolute Gasteiger partial charge is 0.497 e. The third kappa shape index (κ3) is 4.18. The minimum absolute atomic E-state index is 0.171. The van der Waals surface area contributed by atoms with Crippen LogP contribution in [0.1, 0.15) is 31.3 Å². The monoisotopic (exact) mass is 452 g/mol. The van der Waals surface area contributed by atoms with E-state index in [1.54, 1.807) is 18.9 Å². The maximum Gasteiger partial charge on any atom is 0.258 e. The summed E-state index contributed by atoms with van der Waals surface area (Å²) in [7, 11) is 1.64. The number of thiocarbonyl (C=S) groups is 1. The summed E-state index contributed by atoms with van der Waals surface area (Å²) in [6.07, 6.45) is 2.07. The van der Waals surface area contributed by atoms with Gasteiger partial charge in [-0.1, -0.05) is 17.3 Å². The van der Waals surface area contributed by atoms with Crippen LogP contribution in [0, 0.1) is 0 Å². The van der Waals surface area contributed by atoms with E-state index in [1.165, 1.54) is 4.90 Å². The molecule has 0 bridgehead atoms. The molecule has 3 aromatic rings. The normalized spacial score (nSPS) is 16.5. The first kappa shape index (κ1) is 21.4. The molecule has 0 saturated heterocycles. The Bertz CT molecular complexity index is 1110. The first-order chi connectivity index (χ1) is 15.0. The molecule has 0 spiro atoms. The third-order valence-corrected chi connectivity index (χ3v) is 6.45. The Balaban J connectivity index is 1.76.